The summed E-state index contributed by atoms with van der Waals surface area (Å²) in [5.74, 6) is 0.294. The highest BCUT2D eigenvalue weighted by Gasteiger charge is 2.24. The van der Waals surface area contributed by atoms with Gasteiger partial charge in [0, 0.05) is 12.1 Å². The predicted molar refractivity (Wildman–Crippen MR) is 151 cm³/mol. The third-order valence-electron chi connectivity index (χ3n) is 6.02. The molecule has 0 unspecified atom stereocenters. The highest BCUT2D eigenvalue weighted by atomic mass is 19.1. The lowest BCUT2D eigenvalue weighted by Gasteiger charge is -2.24. The van der Waals surface area contributed by atoms with Crippen molar-refractivity contribution in [3.8, 4) is 22.6 Å². The van der Waals surface area contributed by atoms with E-state index in [2.05, 4.69) is 10.6 Å². The summed E-state index contributed by atoms with van der Waals surface area (Å²) < 4.78 is 21.1. The zero-order valence-electron chi connectivity index (χ0n) is 22.4. The van der Waals surface area contributed by atoms with E-state index >= 15 is 0 Å². The molecule has 3 aromatic carbocycles. The molecule has 4 aromatic rings. The second-order valence-corrected chi connectivity index (χ2v) is 9.52. The van der Waals surface area contributed by atoms with Gasteiger partial charge in [0.05, 0.1) is 24.2 Å². The number of hydrogen-bond donors (Lipinski definition) is 2. The number of methoxy groups -OCH3 is 1. The van der Waals surface area contributed by atoms with E-state index in [4.69, 9.17) is 9.84 Å². The maximum atomic E-state index is 14.2. The lowest BCUT2D eigenvalue weighted by molar-refractivity contribution is -0.116. The predicted octanol–water partition coefficient (Wildman–Crippen LogP) is 6.12. The smallest absolute Gasteiger partial charge is 0.322 e. The van der Waals surface area contributed by atoms with Gasteiger partial charge in [-0.15, -0.1) is 0 Å². The van der Waals surface area contributed by atoms with E-state index in [0.717, 1.165) is 22.5 Å². The molecule has 0 aliphatic carbocycles. The van der Waals surface area contributed by atoms with Gasteiger partial charge in [-0.3, -0.25) is 4.79 Å². The van der Waals surface area contributed by atoms with Crippen LogP contribution in [0.15, 0.2) is 78.9 Å². The Morgan fingerprint density at radius 2 is 1.64 bits per heavy atom. The number of anilines is 2. The number of hydrogen-bond acceptors (Lipinski definition) is 4. The molecule has 0 bridgehead atoms. The first kappa shape index (κ1) is 27.4. The van der Waals surface area contributed by atoms with Crippen molar-refractivity contribution < 1.29 is 18.7 Å². The molecule has 39 heavy (non-hydrogen) atoms. The number of rotatable bonds is 9. The Morgan fingerprint density at radius 1 is 0.974 bits per heavy atom. The molecule has 0 radical (unpaired) electrons. The number of para-hydroxylation sites is 1. The number of aromatic nitrogens is 2. The maximum absolute atomic E-state index is 14.2. The molecule has 3 amide bonds. The van der Waals surface area contributed by atoms with Crippen LogP contribution in [0.4, 0.5) is 20.7 Å². The summed E-state index contributed by atoms with van der Waals surface area (Å²) >= 11 is 0. The second-order valence-electron chi connectivity index (χ2n) is 9.52. The van der Waals surface area contributed by atoms with E-state index in [1.54, 1.807) is 23.9 Å². The molecule has 0 fully saturated rings. The Balaban J connectivity index is 1.65. The molecule has 0 spiro atoms. The van der Waals surface area contributed by atoms with Crippen LogP contribution in [0.1, 0.15) is 19.5 Å². The van der Waals surface area contributed by atoms with E-state index in [9.17, 15) is 14.0 Å². The summed E-state index contributed by atoms with van der Waals surface area (Å²) in [6.45, 7) is 5.83. The fourth-order valence-corrected chi connectivity index (χ4v) is 4.27. The largest absolute Gasteiger partial charge is 0.497 e. The Morgan fingerprint density at radius 3 is 2.28 bits per heavy atom. The molecule has 1 heterocycles. The minimum Gasteiger partial charge on any atom is -0.497 e. The number of halogens is 1. The van der Waals surface area contributed by atoms with E-state index in [1.807, 2.05) is 75.4 Å². The van der Waals surface area contributed by atoms with Crippen LogP contribution >= 0.6 is 0 Å². The lowest BCUT2D eigenvalue weighted by Crippen LogP contribution is -2.42. The van der Waals surface area contributed by atoms with Gasteiger partial charge < -0.3 is 20.3 Å². The minimum absolute atomic E-state index is 0.0521. The summed E-state index contributed by atoms with van der Waals surface area (Å²) in [7, 11) is 1.59. The SMILES string of the molecule is COc1ccc(-n2nc(C)c(-c3ccccc3)c2NC(=O)CN(CC(C)C)C(=O)Nc2ccccc2F)cc1. The van der Waals surface area contributed by atoms with Gasteiger partial charge in [0.15, 0.2) is 0 Å². The topological polar surface area (TPSA) is 88.5 Å². The van der Waals surface area contributed by atoms with Crippen molar-refractivity contribution in [2.24, 2.45) is 5.92 Å². The van der Waals surface area contributed by atoms with Gasteiger partial charge in [-0.1, -0.05) is 56.3 Å². The van der Waals surface area contributed by atoms with E-state index in [1.165, 1.54) is 17.0 Å². The van der Waals surface area contributed by atoms with Crippen molar-refractivity contribution in [2.75, 3.05) is 30.8 Å². The normalized spacial score (nSPS) is 10.8. The summed E-state index contributed by atoms with van der Waals surface area (Å²) in [5, 5.41) is 10.3. The fourth-order valence-electron chi connectivity index (χ4n) is 4.27. The first-order valence-electron chi connectivity index (χ1n) is 12.7. The van der Waals surface area contributed by atoms with Crippen LogP contribution in [-0.4, -0.2) is 46.8 Å². The number of amides is 3. The summed E-state index contributed by atoms with van der Waals surface area (Å²) in [5.41, 5.74) is 3.17. The highest BCUT2D eigenvalue weighted by molar-refractivity contribution is 5.99. The monoisotopic (exact) mass is 529 g/mol. The first-order valence-corrected chi connectivity index (χ1v) is 12.7. The first-order chi connectivity index (χ1) is 18.8. The molecular weight excluding hydrogens is 497 g/mol. The Kier molecular flexibility index (Phi) is 8.60. The zero-order valence-corrected chi connectivity index (χ0v) is 22.4. The van der Waals surface area contributed by atoms with Gasteiger partial charge >= 0.3 is 6.03 Å². The van der Waals surface area contributed by atoms with Crippen molar-refractivity contribution in [3.63, 3.8) is 0 Å². The van der Waals surface area contributed by atoms with Crippen molar-refractivity contribution in [2.45, 2.75) is 20.8 Å². The Labute approximate surface area is 227 Å². The molecule has 0 saturated heterocycles. The highest BCUT2D eigenvalue weighted by Crippen LogP contribution is 2.33. The average Bonchev–Trinajstić information content (AvgIpc) is 3.25. The Hall–Kier alpha value is -4.66. The molecule has 0 aliphatic heterocycles. The number of urea groups is 1. The quantitative estimate of drug-likeness (QED) is 0.273. The molecular formula is C30H32FN5O3. The van der Waals surface area contributed by atoms with Crippen molar-refractivity contribution >= 4 is 23.4 Å². The van der Waals surface area contributed by atoms with Crippen LogP contribution in [0.5, 0.6) is 5.75 Å². The number of nitrogens with one attached hydrogen (secondary N) is 2. The Bertz CT molecular complexity index is 1430. The van der Waals surface area contributed by atoms with Crippen molar-refractivity contribution in [1.29, 1.82) is 0 Å². The molecule has 0 aliphatic rings. The number of carbonyl (C=O) groups excluding carboxylic acids is 2. The van der Waals surface area contributed by atoms with Crippen LogP contribution < -0.4 is 15.4 Å². The van der Waals surface area contributed by atoms with Gasteiger partial charge in [-0.2, -0.15) is 5.10 Å². The fraction of sp³-hybridized carbons (Fsp3) is 0.233. The third-order valence-corrected chi connectivity index (χ3v) is 6.02. The van der Waals surface area contributed by atoms with Crippen LogP contribution in [0.2, 0.25) is 0 Å². The summed E-state index contributed by atoms with van der Waals surface area (Å²) in [4.78, 5) is 27.9. The van der Waals surface area contributed by atoms with Gasteiger partial charge in [-0.25, -0.2) is 13.9 Å². The van der Waals surface area contributed by atoms with Gasteiger partial charge in [0.1, 0.15) is 23.9 Å². The van der Waals surface area contributed by atoms with E-state index in [-0.39, 0.29) is 18.2 Å². The van der Waals surface area contributed by atoms with Gasteiger partial charge in [0.25, 0.3) is 0 Å². The number of carbonyl (C=O) groups is 2. The molecule has 0 atom stereocenters. The molecule has 8 nitrogen and oxygen atoms in total. The van der Waals surface area contributed by atoms with Crippen molar-refractivity contribution in [1.82, 2.24) is 14.7 Å². The number of aryl methyl sites for hydroxylation is 1. The van der Waals surface area contributed by atoms with Crippen LogP contribution in [-0.2, 0) is 4.79 Å². The molecule has 0 saturated carbocycles. The van der Waals surface area contributed by atoms with Gasteiger partial charge in [-0.05, 0) is 54.8 Å². The van der Waals surface area contributed by atoms with E-state index in [0.29, 0.717) is 18.1 Å². The van der Waals surface area contributed by atoms with Crippen molar-refractivity contribution in [3.05, 3.63) is 90.4 Å². The molecule has 2 N–H and O–H groups in total. The molecule has 4 rings (SSSR count). The van der Waals surface area contributed by atoms with Gasteiger partial charge in [0.2, 0.25) is 5.91 Å². The second kappa shape index (κ2) is 12.3. The number of ether oxygens (including phenoxy) is 1. The van der Waals surface area contributed by atoms with Crippen LogP contribution in [0, 0.1) is 18.7 Å². The minimum atomic E-state index is -0.563. The number of benzene rings is 3. The maximum Gasteiger partial charge on any atom is 0.322 e. The average molecular weight is 530 g/mol. The third kappa shape index (κ3) is 6.62. The van der Waals surface area contributed by atoms with Crippen LogP contribution in [0.3, 0.4) is 0 Å². The lowest BCUT2D eigenvalue weighted by atomic mass is 10.1. The molecule has 9 heteroatoms. The molecule has 1 aromatic heterocycles. The zero-order chi connectivity index (χ0) is 27.9. The standard InChI is InChI=1S/C30H32FN5O3/c1-20(2)18-35(30(38)32-26-13-9-8-12-25(26)31)19-27(37)33-29-28(22-10-6-5-7-11-22)21(3)34-36(29)23-14-16-24(39-4)17-15-23/h5-17,20H,18-19H2,1-4H3,(H,32,38)(H,33,37). The van der Waals surface area contributed by atoms with Crippen LogP contribution in [0.25, 0.3) is 16.8 Å². The van der Waals surface area contributed by atoms with E-state index < -0.39 is 17.8 Å². The molecule has 202 valence electrons. The summed E-state index contributed by atoms with van der Waals surface area (Å²) in [6, 6.07) is 22.3. The summed E-state index contributed by atoms with van der Waals surface area (Å²) in [6.07, 6.45) is 0. The number of nitrogens with zero attached hydrogens (tertiary/aromatic N) is 3.